The molecule has 1 saturated heterocycles. The van der Waals surface area contributed by atoms with E-state index in [1.807, 2.05) is 4.90 Å². The van der Waals surface area contributed by atoms with Crippen molar-refractivity contribution in [2.45, 2.75) is 32.2 Å². The van der Waals surface area contributed by atoms with Crippen LogP contribution in [0.25, 0.3) is 0 Å². The molecule has 1 fully saturated rings. The van der Waals surface area contributed by atoms with E-state index in [9.17, 15) is 4.79 Å². The molecule has 0 aromatic carbocycles. The number of hydrogen-bond acceptors (Lipinski definition) is 3. The molecular formula is C13H19BrN2OS. The molecule has 18 heavy (non-hydrogen) atoms. The number of nitrogens with one attached hydrogen (secondary N) is 1. The third-order valence-corrected chi connectivity index (χ3v) is 5.13. The number of amides is 1. The fourth-order valence-corrected chi connectivity index (χ4v) is 3.61. The highest BCUT2D eigenvalue weighted by molar-refractivity contribution is 9.10. The Morgan fingerprint density at radius 3 is 2.83 bits per heavy atom. The third kappa shape index (κ3) is 4.07. The van der Waals surface area contributed by atoms with Crippen LogP contribution in [-0.2, 0) is 11.3 Å². The lowest BCUT2D eigenvalue weighted by atomic mass is 10.1. The first-order valence-electron chi connectivity index (χ1n) is 6.48. The van der Waals surface area contributed by atoms with Crippen molar-refractivity contribution in [1.82, 2.24) is 10.2 Å². The van der Waals surface area contributed by atoms with Crippen molar-refractivity contribution in [3.63, 3.8) is 0 Å². The van der Waals surface area contributed by atoms with Crippen molar-refractivity contribution in [2.24, 2.45) is 0 Å². The van der Waals surface area contributed by atoms with E-state index < -0.39 is 0 Å². The van der Waals surface area contributed by atoms with Crippen molar-refractivity contribution < 1.29 is 4.79 Å². The first-order valence-corrected chi connectivity index (χ1v) is 8.15. The summed E-state index contributed by atoms with van der Waals surface area (Å²) in [6.07, 6.45) is 4.22. The molecule has 1 aromatic rings. The number of halogens is 1. The van der Waals surface area contributed by atoms with Crippen LogP contribution in [0.2, 0.25) is 0 Å². The molecule has 2 heterocycles. The summed E-state index contributed by atoms with van der Waals surface area (Å²) in [4.78, 5) is 15.2. The molecule has 3 nitrogen and oxygen atoms in total. The second-order valence-corrected chi connectivity index (χ2v) is 6.41. The van der Waals surface area contributed by atoms with E-state index in [0.29, 0.717) is 12.3 Å². The maximum absolute atomic E-state index is 11.9. The molecule has 0 radical (unpaired) electrons. The van der Waals surface area contributed by atoms with Crippen molar-refractivity contribution in [1.29, 1.82) is 0 Å². The minimum absolute atomic E-state index is 0.299. The van der Waals surface area contributed by atoms with E-state index in [4.69, 9.17) is 0 Å². The predicted octanol–water partition coefficient (Wildman–Crippen LogP) is 3.00. The Morgan fingerprint density at radius 2 is 2.17 bits per heavy atom. The molecule has 100 valence electrons. The SMILES string of the molecule is O=C(CCNCc1sccc1Br)N1CCCCC1. The monoisotopic (exact) mass is 330 g/mol. The van der Waals surface area contributed by atoms with Gasteiger partial charge in [-0.3, -0.25) is 4.79 Å². The van der Waals surface area contributed by atoms with E-state index in [2.05, 4.69) is 32.7 Å². The fourth-order valence-electron chi connectivity index (χ4n) is 2.15. The standard InChI is InChI=1S/C13H19BrN2OS/c14-11-5-9-18-12(11)10-15-6-4-13(17)16-7-2-1-3-8-16/h5,9,15H,1-4,6-8,10H2. The summed E-state index contributed by atoms with van der Waals surface area (Å²) in [5.74, 6) is 0.299. The van der Waals surface area contributed by atoms with Crippen molar-refractivity contribution >= 4 is 33.2 Å². The number of thiophene rings is 1. The zero-order valence-corrected chi connectivity index (χ0v) is 12.9. The first-order chi connectivity index (χ1) is 8.77. The highest BCUT2D eigenvalue weighted by Gasteiger charge is 2.15. The summed E-state index contributed by atoms with van der Waals surface area (Å²) in [6, 6.07) is 2.06. The molecule has 1 aliphatic heterocycles. The summed E-state index contributed by atoms with van der Waals surface area (Å²) >= 11 is 5.24. The normalized spacial score (nSPS) is 15.9. The number of piperidine rings is 1. The molecule has 0 atom stereocenters. The molecule has 0 spiro atoms. The molecule has 0 aliphatic carbocycles. The minimum Gasteiger partial charge on any atom is -0.343 e. The van der Waals surface area contributed by atoms with E-state index in [0.717, 1.165) is 30.7 Å². The van der Waals surface area contributed by atoms with Gasteiger partial charge in [-0.05, 0) is 46.6 Å². The average Bonchev–Trinajstić information content (AvgIpc) is 2.81. The highest BCUT2D eigenvalue weighted by atomic mass is 79.9. The molecule has 1 aliphatic rings. The fraction of sp³-hybridized carbons (Fsp3) is 0.615. The zero-order valence-electron chi connectivity index (χ0n) is 10.5. The number of carbonyl (C=O) groups is 1. The quantitative estimate of drug-likeness (QED) is 0.842. The van der Waals surface area contributed by atoms with E-state index in [1.165, 1.54) is 24.1 Å². The Kier molecular flexibility index (Phi) is 5.66. The van der Waals surface area contributed by atoms with Gasteiger partial charge in [-0.2, -0.15) is 0 Å². The molecule has 1 amide bonds. The van der Waals surface area contributed by atoms with E-state index in [-0.39, 0.29) is 0 Å². The van der Waals surface area contributed by atoms with Crippen LogP contribution in [0.4, 0.5) is 0 Å². The smallest absolute Gasteiger partial charge is 0.223 e. The Bertz CT molecular complexity index is 388. The van der Waals surface area contributed by atoms with Crippen LogP contribution >= 0.6 is 27.3 Å². The van der Waals surface area contributed by atoms with Gasteiger partial charge < -0.3 is 10.2 Å². The lowest BCUT2D eigenvalue weighted by Gasteiger charge is -2.26. The van der Waals surface area contributed by atoms with Gasteiger partial charge in [0.05, 0.1) is 0 Å². The summed E-state index contributed by atoms with van der Waals surface area (Å²) in [6.45, 7) is 3.51. The lowest BCUT2D eigenvalue weighted by molar-refractivity contribution is -0.131. The van der Waals surface area contributed by atoms with E-state index in [1.54, 1.807) is 11.3 Å². The van der Waals surface area contributed by atoms with Crippen LogP contribution < -0.4 is 5.32 Å². The largest absolute Gasteiger partial charge is 0.343 e. The third-order valence-electron chi connectivity index (χ3n) is 3.20. The number of hydrogen-bond donors (Lipinski definition) is 1. The van der Waals surface area contributed by atoms with Crippen molar-refractivity contribution in [2.75, 3.05) is 19.6 Å². The topological polar surface area (TPSA) is 32.3 Å². The van der Waals surface area contributed by atoms with E-state index >= 15 is 0 Å². The molecule has 5 heteroatoms. The summed E-state index contributed by atoms with van der Waals surface area (Å²) in [7, 11) is 0. The van der Waals surface area contributed by atoms with Crippen LogP contribution in [0.3, 0.4) is 0 Å². The number of nitrogens with zero attached hydrogens (tertiary/aromatic N) is 1. The molecule has 0 bridgehead atoms. The Labute approximate surface area is 121 Å². The van der Waals surface area contributed by atoms with Crippen LogP contribution in [-0.4, -0.2) is 30.4 Å². The highest BCUT2D eigenvalue weighted by Crippen LogP contribution is 2.22. The first kappa shape index (κ1) is 14.0. The maximum Gasteiger partial charge on any atom is 0.223 e. The summed E-state index contributed by atoms with van der Waals surface area (Å²) in [5.41, 5.74) is 0. The van der Waals surface area contributed by atoms with Crippen LogP contribution in [0.5, 0.6) is 0 Å². The van der Waals surface area contributed by atoms with Gasteiger partial charge in [0.15, 0.2) is 0 Å². The number of rotatable bonds is 5. The minimum atomic E-state index is 0.299. The average molecular weight is 331 g/mol. The number of carbonyl (C=O) groups excluding carboxylic acids is 1. The molecule has 0 unspecified atom stereocenters. The van der Waals surface area contributed by atoms with Gasteiger partial charge in [-0.1, -0.05) is 0 Å². The van der Waals surface area contributed by atoms with Gasteiger partial charge in [0.25, 0.3) is 0 Å². The van der Waals surface area contributed by atoms with Gasteiger partial charge in [0.1, 0.15) is 0 Å². The Morgan fingerprint density at radius 1 is 1.39 bits per heavy atom. The summed E-state index contributed by atoms with van der Waals surface area (Å²) < 4.78 is 1.15. The lowest BCUT2D eigenvalue weighted by Crippen LogP contribution is -2.37. The van der Waals surface area contributed by atoms with Crippen molar-refractivity contribution in [3.05, 3.63) is 20.8 Å². The van der Waals surface area contributed by atoms with Gasteiger partial charge >= 0.3 is 0 Å². The van der Waals surface area contributed by atoms with Gasteiger partial charge in [0, 0.05) is 41.9 Å². The molecule has 1 N–H and O–H groups in total. The second-order valence-electron chi connectivity index (χ2n) is 4.56. The van der Waals surface area contributed by atoms with Gasteiger partial charge in [0.2, 0.25) is 5.91 Å². The Balaban J connectivity index is 1.63. The van der Waals surface area contributed by atoms with Crippen LogP contribution in [0.1, 0.15) is 30.6 Å². The molecule has 2 rings (SSSR count). The Hall–Kier alpha value is -0.390. The molecule has 1 aromatic heterocycles. The van der Waals surface area contributed by atoms with Crippen molar-refractivity contribution in [3.8, 4) is 0 Å². The summed E-state index contributed by atoms with van der Waals surface area (Å²) in [5, 5.41) is 5.40. The maximum atomic E-state index is 11.9. The van der Waals surface area contributed by atoms with Gasteiger partial charge in [-0.15, -0.1) is 11.3 Å². The number of likely N-dealkylation sites (tertiary alicyclic amines) is 1. The predicted molar refractivity (Wildman–Crippen MR) is 78.8 cm³/mol. The molecular weight excluding hydrogens is 312 g/mol. The van der Waals surface area contributed by atoms with Crippen LogP contribution in [0, 0.1) is 0 Å². The second kappa shape index (κ2) is 7.26. The zero-order chi connectivity index (χ0) is 12.8. The molecule has 0 saturated carbocycles. The van der Waals surface area contributed by atoms with Gasteiger partial charge in [-0.25, -0.2) is 0 Å². The van der Waals surface area contributed by atoms with Crippen LogP contribution in [0.15, 0.2) is 15.9 Å².